The van der Waals surface area contributed by atoms with E-state index in [0.29, 0.717) is 6.04 Å². The maximum Gasteiger partial charge on any atom is 0.138 e. The molecule has 5 heteroatoms. The second kappa shape index (κ2) is 9.99. The number of benzene rings is 1. The molecule has 1 saturated carbocycles. The molecule has 0 unspecified atom stereocenters. The van der Waals surface area contributed by atoms with Crippen LogP contribution in [0.2, 0.25) is 0 Å². The Bertz CT molecular complexity index is 778. The van der Waals surface area contributed by atoms with E-state index >= 15 is 0 Å². The Kier molecular flexibility index (Phi) is 7.40. The summed E-state index contributed by atoms with van der Waals surface area (Å²) in [6, 6.07) is 9.85. The first kappa shape index (κ1) is 20.7. The average molecular weight is 383 g/mol. The van der Waals surface area contributed by atoms with Crippen molar-refractivity contribution in [3.05, 3.63) is 35.4 Å². The highest BCUT2D eigenvalue weighted by Crippen LogP contribution is 2.27. The summed E-state index contributed by atoms with van der Waals surface area (Å²) in [5, 5.41) is 19.9. The fraction of sp³-hybridized carbons (Fsp3) is 0.565. The highest BCUT2D eigenvalue weighted by molar-refractivity contribution is 5.93. The molecule has 4 rings (SSSR count). The van der Waals surface area contributed by atoms with Crippen molar-refractivity contribution in [3.63, 3.8) is 0 Å². The van der Waals surface area contributed by atoms with Crippen LogP contribution >= 0.6 is 0 Å². The minimum absolute atomic E-state index is 0.640. The second-order valence-corrected chi connectivity index (χ2v) is 8.00. The molecule has 152 valence electrons. The largest absolute Gasteiger partial charge is 0.400 e. The molecule has 2 aliphatic rings. The van der Waals surface area contributed by atoms with Crippen LogP contribution in [-0.2, 0) is 0 Å². The number of anilines is 1. The van der Waals surface area contributed by atoms with Crippen LogP contribution in [0.1, 0.15) is 56.1 Å². The molecule has 0 atom stereocenters. The van der Waals surface area contributed by atoms with Gasteiger partial charge in [0.05, 0.1) is 5.52 Å². The van der Waals surface area contributed by atoms with Crippen molar-refractivity contribution in [2.45, 2.75) is 64.0 Å². The Morgan fingerprint density at radius 2 is 1.71 bits per heavy atom. The van der Waals surface area contributed by atoms with E-state index in [1.807, 2.05) is 0 Å². The summed E-state index contributed by atoms with van der Waals surface area (Å²) < 4.78 is 0. The number of aliphatic hydroxyl groups is 1. The summed E-state index contributed by atoms with van der Waals surface area (Å²) in [7, 11) is 1.00. The molecule has 28 heavy (non-hydrogen) atoms. The number of hydrogen-bond donors (Lipinski definition) is 3. The van der Waals surface area contributed by atoms with E-state index in [-0.39, 0.29) is 0 Å². The van der Waals surface area contributed by atoms with Crippen LogP contribution < -0.4 is 10.2 Å². The van der Waals surface area contributed by atoms with Gasteiger partial charge in [-0.25, -0.2) is 4.98 Å². The van der Waals surface area contributed by atoms with E-state index in [2.05, 4.69) is 41.4 Å². The molecule has 1 aromatic heterocycles. The van der Waals surface area contributed by atoms with Gasteiger partial charge in [0.2, 0.25) is 0 Å². The molecule has 2 aromatic rings. The standard InChI is InChI=1S/C22H30N4.CH4O/c1-16-7-8-21-17(13-16)14-18(15-23)22(25-21)26-11-9-20(10-12-26)24-19-5-3-2-4-6-19;1-2/h7-8,13-15,19-20,23-24H,2-6,9-12H2,1H3;2H,1H3. The second-order valence-electron chi connectivity index (χ2n) is 8.00. The molecule has 0 spiro atoms. The molecule has 2 heterocycles. The minimum atomic E-state index is 0.640. The van der Waals surface area contributed by atoms with Gasteiger partial charge in [0.1, 0.15) is 5.82 Å². The van der Waals surface area contributed by atoms with Crippen molar-refractivity contribution in [1.29, 1.82) is 5.41 Å². The molecule has 1 saturated heterocycles. The Hall–Kier alpha value is -1.98. The zero-order valence-corrected chi connectivity index (χ0v) is 17.2. The first-order chi connectivity index (χ1) is 13.7. The Balaban J connectivity index is 0.00000109. The normalized spacial score (nSPS) is 18.6. The summed E-state index contributed by atoms with van der Waals surface area (Å²) in [4.78, 5) is 7.28. The van der Waals surface area contributed by atoms with Crippen LogP contribution in [0, 0.1) is 12.3 Å². The summed E-state index contributed by atoms with van der Waals surface area (Å²) in [5.41, 5.74) is 3.19. The van der Waals surface area contributed by atoms with Crippen LogP contribution in [0.4, 0.5) is 5.82 Å². The summed E-state index contributed by atoms with van der Waals surface area (Å²) in [5.74, 6) is 0.979. The summed E-state index contributed by atoms with van der Waals surface area (Å²) >= 11 is 0. The van der Waals surface area contributed by atoms with Gasteiger partial charge in [-0.05, 0) is 50.8 Å². The lowest BCUT2D eigenvalue weighted by Crippen LogP contribution is -2.47. The van der Waals surface area contributed by atoms with Crippen molar-refractivity contribution in [2.24, 2.45) is 0 Å². The molecule has 5 nitrogen and oxygen atoms in total. The van der Waals surface area contributed by atoms with Gasteiger partial charge in [0.25, 0.3) is 0 Å². The molecule has 1 aromatic carbocycles. The zero-order valence-electron chi connectivity index (χ0n) is 17.2. The lowest BCUT2D eigenvalue weighted by Gasteiger charge is -2.36. The maximum absolute atomic E-state index is 7.84. The number of hydrogen-bond acceptors (Lipinski definition) is 5. The molecule has 2 fully saturated rings. The SMILES string of the molecule is CO.Cc1ccc2nc(N3CCC(NC4CCCCC4)CC3)c(C=N)cc2c1. The van der Waals surface area contributed by atoms with Gasteiger partial charge in [0, 0.05) is 49.4 Å². The topological polar surface area (TPSA) is 72.2 Å². The predicted octanol–water partition coefficient (Wildman–Crippen LogP) is 4.04. The number of aliphatic hydroxyl groups excluding tert-OH is 1. The van der Waals surface area contributed by atoms with Gasteiger partial charge in [-0.1, -0.05) is 30.9 Å². The van der Waals surface area contributed by atoms with Gasteiger partial charge in [-0.3, -0.25) is 0 Å². The third-order valence-electron chi connectivity index (χ3n) is 6.01. The van der Waals surface area contributed by atoms with Crippen molar-refractivity contribution in [3.8, 4) is 0 Å². The van der Waals surface area contributed by atoms with Crippen LogP contribution in [-0.4, -0.2) is 48.6 Å². The number of nitrogens with zero attached hydrogens (tertiary/aromatic N) is 2. The minimum Gasteiger partial charge on any atom is -0.400 e. The number of pyridine rings is 1. The van der Waals surface area contributed by atoms with E-state index in [0.717, 1.165) is 48.5 Å². The number of aromatic nitrogens is 1. The van der Waals surface area contributed by atoms with E-state index in [1.54, 1.807) is 0 Å². The molecule has 3 N–H and O–H groups in total. The maximum atomic E-state index is 7.84. The summed E-state index contributed by atoms with van der Waals surface area (Å²) in [6.45, 7) is 4.15. The van der Waals surface area contributed by atoms with Crippen molar-refractivity contribution in [2.75, 3.05) is 25.1 Å². The number of nitrogens with one attached hydrogen (secondary N) is 2. The predicted molar refractivity (Wildman–Crippen MR) is 118 cm³/mol. The lowest BCUT2D eigenvalue weighted by molar-refractivity contribution is 0.307. The summed E-state index contributed by atoms with van der Waals surface area (Å²) in [6.07, 6.45) is 10.7. The van der Waals surface area contributed by atoms with Crippen LogP contribution in [0.5, 0.6) is 0 Å². The first-order valence-corrected chi connectivity index (χ1v) is 10.6. The fourth-order valence-electron chi connectivity index (χ4n) is 4.52. The number of fused-ring (bicyclic) bond motifs is 1. The van der Waals surface area contributed by atoms with E-state index in [1.165, 1.54) is 56.7 Å². The number of aryl methyl sites for hydroxylation is 1. The Morgan fingerprint density at radius 1 is 1.04 bits per heavy atom. The molecule has 0 amide bonds. The Labute approximate surface area is 168 Å². The highest BCUT2D eigenvalue weighted by atomic mass is 16.2. The molecular formula is C23H34N4O. The van der Waals surface area contributed by atoms with E-state index < -0.39 is 0 Å². The monoisotopic (exact) mass is 382 g/mol. The van der Waals surface area contributed by atoms with Gasteiger partial charge in [0.15, 0.2) is 0 Å². The third kappa shape index (κ3) is 4.89. The number of rotatable bonds is 4. The van der Waals surface area contributed by atoms with E-state index in [9.17, 15) is 0 Å². The van der Waals surface area contributed by atoms with Crippen LogP contribution in [0.25, 0.3) is 10.9 Å². The number of piperidine rings is 1. The van der Waals surface area contributed by atoms with Crippen molar-refractivity contribution in [1.82, 2.24) is 10.3 Å². The van der Waals surface area contributed by atoms with Gasteiger partial charge in [-0.15, -0.1) is 0 Å². The zero-order chi connectivity index (χ0) is 19.9. The van der Waals surface area contributed by atoms with Crippen molar-refractivity contribution < 1.29 is 5.11 Å². The third-order valence-corrected chi connectivity index (χ3v) is 6.01. The van der Waals surface area contributed by atoms with Crippen LogP contribution in [0.15, 0.2) is 24.3 Å². The van der Waals surface area contributed by atoms with Crippen LogP contribution in [0.3, 0.4) is 0 Å². The highest BCUT2D eigenvalue weighted by Gasteiger charge is 2.24. The quantitative estimate of drug-likeness (QED) is 0.698. The first-order valence-electron chi connectivity index (χ1n) is 10.6. The molecular weight excluding hydrogens is 348 g/mol. The lowest BCUT2D eigenvalue weighted by atomic mass is 9.93. The molecule has 1 aliphatic carbocycles. The molecule has 0 radical (unpaired) electrons. The van der Waals surface area contributed by atoms with Gasteiger partial charge >= 0.3 is 0 Å². The molecule has 0 bridgehead atoms. The smallest absolute Gasteiger partial charge is 0.138 e. The molecule has 1 aliphatic heterocycles. The Morgan fingerprint density at radius 3 is 2.39 bits per heavy atom. The fourth-order valence-corrected chi connectivity index (χ4v) is 4.52. The van der Waals surface area contributed by atoms with Crippen molar-refractivity contribution >= 4 is 22.9 Å². The van der Waals surface area contributed by atoms with E-state index in [4.69, 9.17) is 15.5 Å². The van der Waals surface area contributed by atoms with Gasteiger partial charge in [-0.2, -0.15) is 0 Å². The average Bonchev–Trinajstić information content (AvgIpc) is 2.75. The van der Waals surface area contributed by atoms with Gasteiger partial charge < -0.3 is 20.7 Å².